The van der Waals surface area contributed by atoms with Crippen LogP contribution in [0.15, 0.2) is 11.4 Å². The smallest absolute Gasteiger partial charge is 0.261 e. The van der Waals surface area contributed by atoms with Gasteiger partial charge in [0.05, 0.1) is 4.88 Å². The first kappa shape index (κ1) is 11.2. The van der Waals surface area contributed by atoms with E-state index in [4.69, 9.17) is 4.74 Å². The minimum absolute atomic E-state index is 0.0219. The van der Waals surface area contributed by atoms with Crippen molar-refractivity contribution in [3.8, 4) is 0 Å². The van der Waals surface area contributed by atoms with E-state index in [1.54, 1.807) is 7.11 Å². The van der Waals surface area contributed by atoms with Crippen LogP contribution in [0, 0.1) is 6.92 Å². The summed E-state index contributed by atoms with van der Waals surface area (Å²) in [6.45, 7) is 3.30. The number of methoxy groups -OCH3 is 1. The van der Waals surface area contributed by atoms with Gasteiger partial charge in [0.15, 0.2) is 0 Å². The Balaban J connectivity index is 2.32. The zero-order chi connectivity index (χ0) is 10.4. The maximum absolute atomic E-state index is 11.5. The van der Waals surface area contributed by atoms with Crippen molar-refractivity contribution in [3.05, 3.63) is 21.9 Å². The molecule has 0 aliphatic carbocycles. The van der Waals surface area contributed by atoms with Crippen molar-refractivity contribution in [2.75, 3.05) is 20.3 Å². The summed E-state index contributed by atoms with van der Waals surface area (Å²) in [4.78, 5) is 12.4. The van der Waals surface area contributed by atoms with Gasteiger partial charge in [-0.1, -0.05) is 0 Å². The van der Waals surface area contributed by atoms with Crippen molar-refractivity contribution in [2.24, 2.45) is 0 Å². The molecule has 0 spiro atoms. The van der Waals surface area contributed by atoms with Crippen LogP contribution >= 0.6 is 11.3 Å². The van der Waals surface area contributed by atoms with Gasteiger partial charge in [0.1, 0.15) is 0 Å². The summed E-state index contributed by atoms with van der Waals surface area (Å²) in [6, 6.07) is 1.95. The molecule has 0 aromatic carbocycles. The number of hydrogen-bond acceptors (Lipinski definition) is 3. The number of carbonyl (C=O) groups excluding carboxylic acids is 1. The van der Waals surface area contributed by atoms with Gasteiger partial charge >= 0.3 is 0 Å². The number of hydrogen-bond donors (Lipinski definition) is 1. The van der Waals surface area contributed by atoms with Gasteiger partial charge in [-0.25, -0.2) is 0 Å². The zero-order valence-electron chi connectivity index (χ0n) is 8.50. The minimum Gasteiger partial charge on any atom is -0.385 e. The molecular weight excluding hydrogens is 198 g/mol. The van der Waals surface area contributed by atoms with Crippen LogP contribution in [-0.2, 0) is 4.74 Å². The van der Waals surface area contributed by atoms with Crippen LogP contribution in [0.1, 0.15) is 21.7 Å². The highest BCUT2D eigenvalue weighted by Gasteiger charge is 2.08. The van der Waals surface area contributed by atoms with E-state index in [0.29, 0.717) is 13.2 Å². The van der Waals surface area contributed by atoms with Crippen LogP contribution in [0.2, 0.25) is 0 Å². The molecule has 0 saturated carbocycles. The fourth-order valence-corrected chi connectivity index (χ4v) is 1.95. The van der Waals surface area contributed by atoms with E-state index < -0.39 is 0 Å². The van der Waals surface area contributed by atoms with Crippen molar-refractivity contribution in [3.63, 3.8) is 0 Å². The summed E-state index contributed by atoms with van der Waals surface area (Å²) in [7, 11) is 1.66. The first-order chi connectivity index (χ1) is 6.75. The quantitative estimate of drug-likeness (QED) is 0.758. The normalized spacial score (nSPS) is 10.1. The Morgan fingerprint density at radius 3 is 3.00 bits per heavy atom. The molecule has 0 saturated heterocycles. The van der Waals surface area contributed by atoms with Gasteiger partial charge in [-0.3, -0.25) is 4.79 Å². The number of ether oxygens (including phenoxy) is 1. The molecule has 0 radical (unpaired) electrons. The number of carbonyl (C=O) groups is 1. The monoisotopic (exact) mass is 213 g/mol. The summed E-state index contributed by atoms with van der Waals surface area (Å²) in [5, 5.41) is 4.78. The summed E-state index contributed by atoms with van der Waals surface area (Å²) in [5.74, 6) is 0.0219. The van der Waals surface area contributed by atoms with Gasteiger partial charge in [0.25, 0.3) is 5.91 Å². The second-order valence-electron chi connectivity index (χ2n) is 3.03. The number of thiophene rings is 1. The first-order valence-electron chi connectivity index (χ1n) is 4.57. The summed E-state index contributed by atoms with van der Waals surface area (Å²) in [6.07, 6.45) is 0.854. The Labute approximate surface area is 88.1 Å². The van der Waals surface area contributed by atoms with E-state index in [2.05, 4.69) is 5.32 Å². The summed E-state index contributed by atoms with van der Waals surface area (Å²) >= 11 is 1.48. The average Bonchev–Trinajstić information content (AvgIpc) is 2.59. The van der Waals surface area contributed by atoms with Crippen molar-refractivity contribution in [1.29, 1.82) is 0 Å². The molecule has 0 fully saturated rings. The third-order valence-corrected chi connectivity index (χ3v) is 2.89. The van der Waals surface area contributed by atoms with E-state index in [9.17, 15) is 4.79 Å². The standard InChI is InChI=1S/C10H15NO2S/c1-8-4-7-14-9(8)10(12)11-5-3-6-13-2/h4,7H,3,5-6H2,1-2H3,(H,11,12). The minimum atomic E-state index is 0.0219. The predicted molar refractivity (Wildman–Crippen MR) is 57.9 cm³/mol. The van der Waals surface area contributed by atoms with E-state index in [1.807, 2.05) is 18.4 Å². The van der Waals surface area contributed by atoms with Gasteiger partial charge in [-0.2, -0.15) is 0 Å². The third kappa shape index (κ3) is 3.12. The summed E-state index contributed by atoms with van der Waals surface area (Å²) in [5.41, 5.74) is 1.04. The molecule has 4 heteroatoms. The molecule has 78 valence electrons. The maximum Gasteiger partial charge on any atom is 0.261 e. The molecule has 3 nitrogen and oxygen atoms in total. The highest BCUT2D eigenvalue weighted by molar-refractivity contribution is 7.12. The molecule has 0 aliphatic rings. The van der Waals surface area contributed by atoms with Gasteiger partial charge < -0.3 is 10.1 Å². The highest BCUT2D eigenvalue weighted by Crippen LogP contribution is 2.14. The molecule has 1 aromatic rings. The summed E-state index contributed by atoms with van der Waals surface area (Å²) < 4.78 is 4.89. The molecule has 0 atom stereocenters. The highest BCUT2D eigenvalue weighted by atomic mass is 32.1. The lowest BCUT2D eigenvalue weighted by Crippen LogP contribution is -2.24. The number of amides is 1. The molecule has 1 heterocycles. The molecule has 14 heavy (non-hydrogen) atoms. The van der Waals surface area contributed by atoms with Crippen LogP contribution in [0.4, 0.5) is 0 Å². The second-order valence-corrected chi connectivity index (χ2v) is 3.95. The zero-order valence-corrected chi connectivity index (χ0v) is 9.32. The van der Waals surface area contributed by atoms with Gasteiger partial charge in [-0.15, -0.1) is 11.3 Å². The van der Waals surface area contributed by atoms with Crippen LogP contribution in [0.3, 0.4) is 0 Å². The lowest BCUT2D eigenvalue weighted by atomic mass is 10.3. The molecule has 1 amide bonds. The van der Waals surface area contributed by atoms with Gasteiger partial charge in [0, 0.05) is 20.3 Å². The second kappa shape index (κ2) is 5.78. The Morgan fingerprint density at radius 1 is 1.64 bits per heavy atom. The fourth-order valence-electron chi connectivity index (χ4n) is 1.10. The lowest BCUT2D eigenvalue weighted by Gasteiger charge is -2.03. The molecule has 0 bridgehead atoms. The maximum atomic E-state index is 11.5. The fraction of sp³-hybridized carbons (Fsp3) is 0.500. The van der Waals surface area contributed by atoms with Crippen LogP contribution in [0.25, 0.3) is 0 Å². The number of rotatable bonds is 5. The van der Waals surface area contributed by atoms with Crippen LogP contribution in [0.5, 0.6) is 0 Å². The number of aryl methyl sites for hydroxylation is 1. The van der Waals surface area contributed by atoms with E-state index >= 15 is 0 Å². The molecule has 1 aromatic heterocycles. The van der Waals surface area contributed by atoms with Crippen LogP contribution in [-0.4, -0.2) is 26.2 Å². The largest absolute Gasteiger partial charge is 0.385 e. The third-order valence-electron chi connectivity index (χ3n) is 1.88. The van der Waals surface area contributed by atoms with Crippen molar-refractivity contribution >= 4 is 17.2 Å². The van der Waals surface area contributed by atoms with Crippen molar-refractivity contribution in [2.45, 2.75) is 13.3 Å². The van der Waals surface area contributed by atoms with Crippen LogP contribution < -0.4 is 5.32 Å². The lowest BCUT2D eigenvalue weighted by molar-refractivity contribution is 0.0952. The van der Waals surface area contributed by atoms with Gasteiger partial charge in [0.2, 0.25) is 0 Å². The molecule has 1 rings (SSSR count). The molecule has 0 aliphatic heterocycles. The Morgan fingerprint density at radius 2 is 2.43 bits per heavy atom. The number of nitrogens with one attached hydrogen (secondary N) is 1. The van der Waals surface area contributed by atoms with E-state index in [-0.39, 0.29) is 5.91 Å². The van der Waals surface area contributed by atoms with Crippen molar-refractivity contribution < 1.29 is 9.53 Å². The Bertz CT molecular complexity index is 296. The van der Waals surface area contributed by atoms with Gasteiger partial charge in [-0.05, 0) is 30.4 Å². The van der Waals surface area contributed by atoms with E-state index in [1.165, 1.54) is 11.3 Å². The SMILES string of the molecule is COCCCNC(=O)c1sccc1C. The molecule has 1 N–H and O–H groups in total. The van der Waals surface area contributed by atoms with Crippen molar-refractivity contribution in [1.82, 2.24) is 5.32 Å². The Hall–Kier alpha value is -0.870. The average molecular weight is 213 g/mol. The molecule has 0 unspecified atom stereocenters. The Kier molecular flexibility index (Phi) is 4.62. The van der Waals surface area contributed by atoms with E-state index in [0.717, 1.165) is 16.9 Å². The topological polar surface area (TPSA) is 38.3 Å². The predicted octanol–water partition coefficient (Wildman–Crippen LogP) is 1.82. The molecular formula is C10H15NO2S. The first-order valence-corrected chi connectivity index (χ1v) is 5.45.